The van der Waals surface area contributed by atoms with Gasteiger partial charge in [0.2, 0.25) is 0 Å². The second-order valence-electron chi connectivity index (χ2n) is 14.3. The number of thiophene rings is 1. The number of aromatic nitrogens is 3. The van der Waals surface area contributed by atoms with Gasteiger partial charge in [0.15, 0.2) is 17.5 Å². The fraction of sp³-hybridized carbons (Fsp3) is 0. The Hall–Kier alpha value is -7.41. The van der Waals surface area contributed by atoms with Crippen molar-refractivity contribution >= 4 is 75.4 Å². The zero-order valence-electron chi connectivity index (χ0n) is 30.3. The van der Waals surface area contributed by atoms with Crippen LogP contribution in [-0.4, -0.2) is 15.0 Å². The third-order valence-corrected chi connectivity index (χ3v) is 12.1. The van der Waals surface area contributed by atoms with E-state index in [1.807, 2.05) is 72.0 Å². The summed E-state index contributed by atoms with van der Waals surface area (Å²) >= 11 is 1.84. The molecule has 5 nitrogen and oxygen atoms in total. The Morgan fingerprint density at radius 3 is 1.70 bits per heavy atom. The zero-order valence-corrected chi connectivity index (χ0v) is 31.1. The average Bonchev–Trinajstić information content (AvgIpc) is 3.98. The van der Waals surface area contributed by atoms with Crippen LogP contribution in [0.5, 0.6) is 0 Å². The first-order valence-corrected chi connectivity index (χ1v) is 19.7. The minimum atomic E-state index is 0.582. The Bertz CT molecular complexity index is 3530. The van der Waals surface area contributed by atoms with Crippen molar-refractivity contribution in [2.24, 2.45) is 0 Å². The van der Waals surface area contributed by atoms with E-state index in [4.69, 9.17) is 23.8 Å². The molecule has 266 valence electrons. The molecule has 0 spiro atoms. The highest BCUT2D eigenvalue weighted by atomic mass is 32.1. The van der Waals surface area contributed by atoms with Gasteiger partial charge in [-0.1, -0.05) is 133 Å². The molecular weight excluding hydrogens is 719 g/mol. The van der Waals surface area contributed by atoms with Crippen LogP contribution >= 0.6 is 11.3 Å². The molecule has 0 saturated heterocycles. The summed E-state index contributed by atoms with van der Waals surface area (Å²) in [4.78, 5) is 15.0. The summed E-state index contributed by atoms with van der Waals surface area (Å²) in [5, 5.41) is 6.93. The summed E-state index contributed by atoms with van der Waals surface area (Å²) < 4.78 is 15.5. The lowest BCUT2D eigenvalue weighted by atomic mass is 9.92. The first-order valence-electron chi connectivity index (χ1n) is 18.9. The summed E-state index contributed by atoms with van der Waals surface area (Å²) in [6.07, 6.45) is 0. The molecule has 0 saturated carbocycles. The van der Waals surface area contributed by atoms with Crippen LogP contribution in [0.4, 0.5) is 0 Å². The third kappa shape index (κ3) is 5.12. The number of nitrogens with zero attached hydrogens (tertiary/aromatic N) is 3. The second-order valence-corrected chi connectivity index (χ2v) is 15.4. The third-order valence-electron chi connectivity index (χ3n) is 11.0. The largest absolute Gasteiger partial charge is 0.456 e. The zero-order chi connectivity index (χ0) is 37.5. The van der Waals surface area contributed by atoms with Crippen molar-refractivity contribution < 1.29 is 8.83 Å². The van der Waals surface area contributed by atoms with Crippen LogP contribution in [0.2, 0.25) is 0 Å². The molecule has 12 rings (SSSR count). The van der Waals surface area contributed by atoms with Crippen LogP contribution in [0.15, 0.2) is 185 Å². The fourth-order valence-corrected chi connectivity index (χ4v) is 9.43. The number of fused-ring (bicyclic) bond motifs is 9. The Labute approximate surface area is 330 Å². The van der Waals surface area contributed by atoms with Crippen molar-refractivity contribution in [1.82, 2.24) is 15.0 Å². The van der Waals surface area contributed by atoms with Gasteiger partial charge in [0.05, 0.1) is 0 Å². The number of hydrogen-bond donors (Lipinski definition) is 0. The van der Waals surface area contributed by atoms with Crippen LogP contribution in [0.25, 0.3) is 120 Å². The van der Waals surface area contributed by atoms with Crippen LogP contribution in [0.3, 0.4) is 0 Å². The summed E-state index contributed by atoms with van der Waals surface area (Å²) in [5.74, 6) is 1.78. The van der Waals surface area contributed by atoms with Crippen molar-refractivity contribution in [3.8, 4) is 56.4 Å². The summed E-state index contributed by atoms with van der Waals surface area (Å²) in [6, 6.07) is 60.9. The molecule has 6 heteroatoms. The van der Waals surface area contributed by atoms with Gasteiger partial charge in [0.1, 0.15) is 22.3 Å². The van der Waals surface area contributed by atoms with Gasteiger partial charge in [-0.25, -0.2) is 15.0 Å². The molecule has 0 N–H and O–H groups in total. The van der Waals surface area contributed by atoms with Gasteiger partial charge >= 0.3 is 0 Å². The molecule has 0 fully saturated rings. The molecule has 0 aliphatic heterocycles. The average molecular weight is 748 g/mol. The van der Waals surface area contributed by atoms with Gasteiger partial charge in [-0.3, -0.25) is 0 Å². The molecule has 4 heterocycles. The normalized spacial score (nSPS) is 11.9. The van der Waals surface area contributed by atoms with E-state index in [0.717, 1.165) is 77.3 Å². The van der Waals surface area contributed by atoms with Gasteiger partial charge in [0.25, 0.3) is 0 Å². The topological polar surface area (TPSA) is 65.0 Å². The number of benzene rings is 8. The highest BCUT2D eigenvalue weighted by Gasteiger charge is 2.21. The Morgan fingerprint density at radius 1 is 0.333 bits per heavy atom. The summed E-state index contributed by atoms with van der Waals surface area (Å²) in [6.45, 7) is 0. The molecule has 0 radical (unpaired) electrons. The highest BCUT2D eigenvalue weighted by Crippen LogP contribution is 2.46. The van der Waals surface area contributed by atoms with Crippen LogP contribution < -0.4 is 0 Å². The van der Waals surface area contributed by atoms with E-state index in [1.165, 1.54) is 25.7 Å². The van der Waals surface area contributed by atoms with E-state index in [0.29, 0.717) is 17.5 Å². The lowest BCUT2D eigenvalue weighted by Gasteiger charge is -2.11. The van der Waals surface area contributed by atoms with Crippen LogP contribution in [-0.2, 0) is 0 Å². The first kappa shape index (κ1) is 31.9. The summed E-state index contributed by atoms with van der Waals surface area (Å²) in [7, 11) is 0. The standard InChI is InChI=1S/C51H29N3O2S/c1-2-11-31(12-3-1)49-52-50(54-51(53-49)33-25-26-36-35-13-4-7-17-41(35)55-43(36)29-33)32-23-21-30(22-24-32)34-27-28-38(47-39-14-5-8-18-42(39)56-48(34)47)37-16-10-20-45-46(37)40-15-6-9-19-44(40)57-45/h1-29H. The number of furan rings is 2. The van der Waals surface area contributed by atoms with Gasteiger partial charge in [-0.2, -0.15) is 0 Å². The number of para-hydroxylation sites is 2. The predicted molar refractivity (Wildman–Crippen MR) is 234 cm³/mol. The monoisotopic (exact) mass is 747 g/mol. The Kier molecular flexibility index (Phi) is 7.03. The number of hydrogen-bond acceptors (Lipinski definition) is 6. The van der Waals surface area contributed by atoms with E-state index in [1.54, 1.807) is 0 Å². The minimum Gasteiger partial charge on any atom is -0.456 e. The molecule has 0 aliphatic carbocycles. The Balaban J connectivity index is 0.991. The van der Waals surface area contributed by atoms with E-state index in [9.17, 15) is 0 Å². The fourth-order valence-electron chi connectivity index (χ4n) is 8.29. The lowest BCUT2D eigenvalue weighted by Crippen LogP contribution is -2.00. The van der Waals surface area contributed by atoms with E-state index < -0.39 is 0 Å². The molecule has 57 heavy (non-hydrogen) atoms. The molecule has 0 aliphatic rings. The maximum Gasteiger partial charge on any atom is 0.164 e. The maximum absolute atomic E-state index is 6.74. The van der Waals surface area contributed by atoms with Gasteiger partial charge < -0.3 is 8.83 Å². The van der Waals surface area contributed by atoms with Crippen molar-refractivity contribution in [2.45, 2.75) is 0 Å². The van der Waals surface area contributed by atoms with Crippen LogP contribution in [0.1, 0.15) is 0 Å². The van der Waals surface area contributed by atoms with E-state index in [-0.39, 0.29) is 0 Å². The highest BCUT2D eigenvalue weighted by molar-refractivity contribution is 7.25. The molecule has 0 bridgehead atoms. The minimum absolute atomic E-state index is 0.582. The first-order chi connectivity index (χ1) is 28.2. The predicted octanol–water partition coefficient (Wildman–Crippen LogP) is 14.4. The Morgan fingerprint density at radius 2 is 0.895 bits per heavy atom. The molecule has 0 unspecified atom stereocenters. The quantitative estimate of drug-likeness (QED) is 0.175. The van der Waals surface area contributed by atoms with E-state index >= 15 is 0 Å². The molecule has 0 amide bonds. The molecule has 0 atom stereocenters. The van der Waals surface area contributed by atoms with Crippen molar-refractivity contribution in [2.75, 3.05) is 0 Å². The maximum atomic E-state index is 6.74. The smallest absolute Gasteiger partial charge is 0.164 e. The second kappa shape index (κ2) is 12.6. The SMILES string of the molecule is c1ccc(-c2nc(-c3ccc(-c4ccc(-c5cccc6sc7ccccc7c56)c5c4oc4ccccc45)cc3)nc(-c3ccc4c(c3)oc3ccccc34)n2)cc1. The summed E-state index contributed by atoms with van der Waals surface area (Å²) in [5.41, 5.74) is 10.5. The van der Waals surface area contributed by atoms with Gasteiger partial charge in [-0.05, 0) is 59.2 Å². The van der Waals surface area contributed by atoms with E-state index in [2.05, 4.69) is 115 Å². The van der Waals surface area contributed by atoms with Crippen LogP contribution in [0, 0.1) is 0 Å². The molecule has 8 aromatic carbocycles. The lowest BCUT2D eigenvalue weighted by molar-refractivity contribution is 0.669. The number of rotatable bonds is 5. The van der Waals surface area contributed by atoms with Gasteiger partial charge in [-0.15, -0.1) is 11.3 Å². The van der Waals surface area contributed by atoms with Crippen molar-refractivity contribution in [3.63, 3.8) is 0 Å². The van der Waals surface area contributed by atoms with Crippen molar-refractivity contribution in [3.05, 3.63) is 176 Å². The molecule has 4 aromatic heterocycles. The van der Waals surface area contributed by atoms with Crippen molar-refractivity contribution in [1.29, 1.82) is 0 Å². The van der Waals surface area contributed by atoms with Gasteiger partial charge in [0, 0.05) is 64.0 Å². The molecular formula is C51H29N3O2S. The molecule has 12 aromatic rings.